The number of ether oxygens (including phenoxy) is 1. The maximum Gasteiger partial charge on any atom is 0.293 e. The number of hydrogen-bond donors (Lipinski definition) is 0. The minimum absolute atomic E-state index is 0.166. The summed E-state index contributed by atoms with van der Waals surface area (Å²) in [5.74, 6) is -2.33. The number of unbranched alkanes of at least 4 members (excludes halogenated alkanes) is 1. The van der Waals surface area contributed by atoms with E-state index in [4.69, 9.17) is 0 Å². The zero-order chi connectivity index (χ0) is 13.4. The van der Waals surface area contributed by atoms with Gasteiger partial charge >= 0.3 is 0 Å². The van der Waals surface area contributed by atoms with Gasteiger partial charge in [-0.15, -0.1) is 0 Å². The molecule has 106 valence electrons. The molecule has 4 heteroatoms. The highest BCUT2D eigenvalue weighted by molar-refractivity contribution is 5.37. The first-order valence-corrected chi connectivity index (χ1v) is 7.07. The van der Waals surface area contributed by atoms with E-state index in [0.717, 1.165) is 25.7 Å². The van der Waals surface area contributed by atoms with E-state index >= 15 is 0 Å². The van der Waals surface area contributed by atoms with Gasteiger partial charge < -0.3 is 4.74 Å². The van der Waals surface area contributed by atoms with Crippen molar-refractivity contribution in [3.8, 4) is 0 Å². The van der Waals surface area contributed by atoms with Gasteiger partial charge in [0.05, 0.1) is 0 Å². The molecule has 1 aliphatic carbocycles. The molecule has 0 bridgehead atoms. The quantitative estimate of drug-likeness (QED) is 0.578. The summed E-state index contributed by atoms with van der Waals surface area (Å²) in [6.07, 6.45) is 5.49. The molecule has 0 aromatic carbocycles. The lowest BCUT2D eigenvalue weighted by Crippen LogP contribution is -2.36. The van der Waals surface area contributed by atoms with Crippen molar-refractivity contribution in [3.05, 3.63) is 0 Å². The van der Waals surface area contributed by atoms with Crippen molar-refractivity contribution in [2.75, 3.05) is 0 Å². The van der Waals surface area contributed by atoms with Crippen LogP contribution in [0.4, 0.5) is 8.78 Å². The summed E-state index contributed by atoms with van der Waals surface area (Å²) in [5, 5.41) is 0. The number of alkyl halides is 2. The summed E-state index contributed by atoms with van der Waals surface area (Å²) >= 11 is 0. The summed E-state index contributed by atoms with van der Waals surface area (Å²) in [4.78, 5) is 10.4. The van der Waals surface area contributed by atoms with Crippen LogP contribution in [-0.2, 0) is 9.53 Å². The topological polar surface area (TPSA) is 26.3 Å². The third-order valence-electron chi connectivity index (χ3n) is 3.87. The van der Waals surface area contributed by atoms with Crippen LogP contribution in [-0.4, -0.2) is 18.5 Å². The van der Waals surface area contributed by atoms with Crippen LogP contribution in [0.25, 0.3) is 0 Å². The van der Waals surface area contributed by atoms with Crippen molar-refractivity contribution in [2.45, 2.75) is 76.7 Å². The number of halogens is 2. The first-order chi connectivity index (χ1) is 8.60. The van der Waals surface area contributed by atoms with Gasteiger partial charge in [0.15, 0.2) is 6.10 Å². The van der Waals surface area contributed by atoms with E-state index in [-0.39, 0.29) is 12.9 Å². The molecule has 0 aliphatic heterocycles. The Morgan fingerprint density at radius 2 is 2.06 bits per heavy atom. The van der Waals surface area contributed by atoms with Gasteiger partial charge in [-0.1, -0.05) is 39.0 Å². The van der Waals surface area contributed by atoms with E-state index in [9.17, 15) is 13.6 Å². The largest absolute Gasteiger partial charge is 0.458 e. The van der Waals surface area contributed by atoms with Crippen LogP contribution >= 0.6 is 0 Å². The molecule has 0 aromatic heterocycles. The first kappa shape index (κ1) is 15.4. The third kappa shape index (κ3) is 4.91. The Kier molecular flexibility index (Phi) is 6.58. The van der Waals surface area contributed by atoms with Crippen LogP contribution < -0.4 is 0 Å². The number of carbonyl (C=O) groups excluding carboxylic acids is 1. The van der Waals surface area contributed by atoms with Gasteiger partial charge in [-0.05, 0) is 25.2 Å². The molecule has 0 N–H and O–H groups in total. The molecule has 0 aromatic rings. The van der Waals surface area contributed by atoms with Crippen molar-refractivity contribution in [1.29, 1.82) is 0 Å². The summed E-state index contributed by atoms with van der Waals surface area (Å²) in [5.41, 5.74) is 0. The minimum atomic E-state index is -2.88. The molecular formula is C14H24F2O2. The lowest BCUT2D eigenvalue weighted by molar-refractivity contribution is -0.163. The van der Waals surface area contributed by atoms with Crippen LogP contribution in [0, 0.1) is 5.92 Å². The second-order valence-corrected chi connectivity index (χ2v) is 5.31. The maximum atomic E-state index is 13.9. The van der Waals surface area contributed by atoms with Gasteiger partial charge in [-0.25, -0.2) is 8.78 Å². The lowest BCUT2D eigenvalue weighted by Gasteiger charge is -2.26. The molecule has 0 saturated heterocycles. The lowest BCUT2D eigenvalue weighted by atomic mass is 9.95. The smallest absolute Gasteiger partial charge is 0.293 e. The van der Waals surface area contributed by atoms with E-state index in [2.05, 4.69) is 4.74 Å². The Hall–Kier alpha value is -0.670. The molecule has 1 saturated carbocycles. The number of carbonyl (C=O) groups is 1. The molecule has 1 atom stereocenters. The van der Waals surface area contributed by atoms with Gasteiger partial charge in [0.1, 0.15) is 0 Å². The molecule has 0 spiro atoms. The summed E-state index contributed by atoms with van der Waals surface area (Å²) in [6.45, 7) is 2.05. The zero-order valence-electron chi connectivity index (χ0n) is 11.2. The molecule has 0 radical (unpaired) electrons. The molecular weight excluding hydrogens is 238 g/mol. The van der Waals surface area contributed by atoms with Gasteiger partial charge in [-0.2, -0.15) is 0 Å². The van der Waals surface area contributed by atoms with E-state index in [1.807, 2.05) is 6.92 Å². The van der Waals surface area contributed by atoms with Gasteiger partial charge in [-0.3, -0.25) is 4.79 Å². The normalized spacial score (nSPS) is 18.8. The molecule has 1 unspecified atom stereocenters. The highest BCUT2D eigenvalue weighted by atomic mass is 19.3. The molecule has 1 rings (SSSR count). The Balaban J connectivity index is 2.43. The monoisotopic (exact) mass is 262 g/mol. The molecule has 0 heterocycles. The maximum absolute atomic E-state index is 13.9. The minimum Gasteiger partial charge on any atom is -0.458 e. The molecule has 1 fully saturated rings. The van der Waals surface area contributed by atoms with E-state index in [1.54, 1.807) is 0 Å². The molecule has 1 aliphatic rings. The van der Waals surface area contributed by atoms with Crippen LogP contribution in [0.1, 0.15) is 64.7 Å². The van der Waals surface area contributed by atoms with Gasteiger partial charge in [0.2, 0.25) is 0 Å². The Labute approximate surface area is 108 Å². The highest BCUT2D eigenvalue weighted by Gasteiger charge is 2.40. The van der Waals surface area contributed by atoms with E-state index in [0.29, 0.717) is 18.8 Å². The van der Waals surface area contributed by atoms with Crippen LogP contribution in [0.3, 0.4) is 0 Å². The Morgan fingerprint density at radius 3 is 2.61 bits per heavy atom. The number of rotatable bonds is 9. The second-order valence-electron chi connectivity index (χ2n) is 5.31. The fourth-order valence-electron chi connectivity index (χ4n) is 2.71. The summed E-state index contributed by atoms with van der Waals surface area (Å²) in [7, 11) is 0. The van der Waals surface area contributed by atoms with Crippen LogP contribution in [0.15, 0.2) is 0 Å². The van der Waals surface area contributed by atoms with Crippen molar-refractivity contribution in [1.82, 2.24) is 0 Å². The van der Waals surface area contributed by atoms with Crippen molar-refractivity contribution < 1.29 is 18.3 Å². The summed E-state index contributed by atoms with van der Waals surface area (Å²) < 4.78 is 32.3. The average molecular weight is 262 g/mol. The highest BCUT2D eigenvalue weighted by Crippen LogP contribution is 2.34. The predicted octanol–water partition coefficient (Wildman–Crippen LogP) is 4.32. The van der Waals surface area contributed by atoms with E-state index < -0.39 is 12.0 Å². The van der Waals surface area contributed by atoms with Crippen molar-refractivity contribution >= 4 is 6.47 Å². The Bertz CT molecular complexity index is 238. The molecule has 2 nitrogen and oxygen atoms in total. The fraction of sp³-hybridized carbons (Fsp3) is 0.929. The number of hydrogen-bond acceptors (Lipinski definition) is 2. The third-order valence-corrected chi connectivity index (χ3v) is 3.87. The van der Waals surface area contributed by atoms with Gasteiger partial charge in [0, 0.05) is 6.42 Å². The predicted molar refractivity (Wildman–Crippen MR) is 66.6 cm³/mol. The average Bonchev–Trinajstić information content (AvgIpc) is 2.85. The first-order valence-electron chi connectivity index (χ1n) is 7.07. The fourth-order valence-corrected chi connectivity index (χ4v) is 2.71. The van der Waals surface area contributed by atoms with Crippen molar-refractivity contribution in [3.63, 3.8) is 0 Å². The molecule has 18 heavy (non-hydrogen) atoms. The van der Waals surface area contributed by atoms with Gasteiger partial charge in [0.25, 0.3) is 12.4 Å². The van der Waals surface area contributed by atoms with E-state index in [1.165, 1.54) is 12.8 Å². The van der Waals surface area contributed by atoms with Crippen LogP contribution in [0.5, 0.6) is 0 Å². The zero-order valence-corrected chi connectivity index (χ0v) is 11.2. The standard InChI is InChI=1S/C14H24F2O2/c1-2-3-10-14(15,16)13(18-11-17)9-8-12-6-4-5-7-12/h11-13H,2-10H2,1H3. The molecule has 0 amide bonds. The summed E-state index contributed by atoms with van der Waals surface area (Å²) in [6, 6.07) is 0. The second kappa shape index (κ2) is 7.70. The SMILES string of the molecule is CCCCC(F)(F)C(CCC1CCCC1)OC=O. The van der Waals surface area contributed by atoms with Crippen molar-refractivity contribution in [2.24, 2.45) is 5.92 Å². The Morgan fingerprint density at radius 1 is 1.39 bits per heavy atom. The van der Waals surface area contributed by atoms with Crippen LogP contribution in [0.2, 0.25) is 0 Å².